The van der Waals surface area contributed by atoms with Crippen LogP contribution in [0, 0.1) is 0 Å². The van der Waals surface area contributed by atoms with Gasteiger partial charge in [-0.15, -0.1) is 0 Å². The van der Waals surface area contributed by atoms with Crippen molar-refractivity contribution in [2.24, 2.45) is 0 Å². The van der Waals surface area contributed by atoms with Gasteiger partial charge in [-0.25, -0.2) is 4.98 Å². The molecule has 2 N–H and O–H groups in total. The van der Waals surface area contributed by atoms with Gasteiger partial charge in [0.15, 0.2) is 0 Å². The van der Waals surface area contributed by atoms with Gasteiger partial charge in [0.2, 0.25) is 0 Å². The van der Waals surface area contributed by atoms with Crippen molar-refractivity contribution in [2.45, 2.75) is 51.0 Å². The Balaban J connectivity index is 1.48. The number of nitrogens with zero attached hydrogens (tertiary/aromatic N) is 1. The van der Waals surface area contributed by atoms with Gasteiger partial charge >= 0.3 is 0 Å². The topological polar surface area (TPSA) is 63.2 Å². The summed E-state index contributed by atoms with van der Waals surface area (Å²) < 4.78 is 5.38. The van der Waals surface area contributed by atoms with Crippen LogP contribution < -0.4 is 15.4 Å². The van der Waals surface area contributed by atoms with Crippen molar-refractivity contribution in [3.05, 3.63) is 53.9 Å². The molecule has 3 rings (SSSR count). The Morgan fingerprint density at radius 1 is 1.11 bits per heavy atom. The number of nitrogens with one attached hydrogen (secondary N) is 2. The molecule has 0 bridgehead atoms. The van der Waals surface area contributed by atoms with Crippen molar-refractivity contribution in [1.82, 2.24) is 10.3 Å². The minimum atomic E-state index is -0.0672. The number of ether oxygens (including phenoxy) is 1. The number of aromatic nitrogens is 1. The van der Waals surface area contributed by atoms with Gasteiger partial charge in [-0.1, -0.05) is 43.9 Å². The van der Waals surface area contributed by atoms with E-state index in [1.54, 1.807) is 19.4 Å². The van der Waals surface area contributed by atoms with E-state index in [2.05, 4.69) is 21.7 Å². The number of rotatable bonds is 7. The van der Waals surface area contributed by atoms with E-state index in [9.17, 15) is 4.79 Å². The number of anilines is 1. The van der Waals surface area contributed by atoms with E-state index in [-0.39, 0.29) is 5.91 Å². The van der Waals surface area contributed by atoms with Crippen LogP contribution in [0.1, 0.15) is 54.6 Å². The maximum Gasteiger partial charge on any atom is 0.270 e. The van der Waals surface area contributed by atoms with Crippen molar-refractivity contribution >= 4 is 11.6 Å². The summed E-state index contributed by atoms with van der Waals surface area (Å²) in [5.74, 6) is 0.838. The van der Waals surface area contributed by atoms with Gasteiger partial charge in [0, 0.05) is 12.6 Å². The highest BCUT2D eigenvalue weighted by Gasteiger charge is 2.16. The number of methoxy groups -OCH3 is 1. The zero-order valence-corrected chi connectivity index (χ0v) is 16.0. The lowest BCUT2D eigenvalue weighted by molar-refractivity contribution is 0.0928. The van der Waals surface area contributed by atoms with Crippen LogP contribution in [-0.2, 0) is 6.42 Å². The lowest BCUT2D eigenvalue weighted by Crippen LogP contribution is -2.34. The molecule has 2 aromatic rings. The van der Waals surface area contributed by atoms with Crippen LogP contribution in [0.4, 0.5) is 5.69 Å². The summed E-state index contributed by atoms with van der Waals surface area (Å²) in [5, 5.41) is 6.49. The van der Waals surface area contributed by atoms with Crippen LogP contribution in [0.2, 0.25) is 0 Å². The quantitative estimate of drug-likeness (QED) is 0.720. The summed E-state index contributed by atoms with van der Waals surface area (Å²) in [7, 11) is 1.69. The highest BCUT2D eigenvalue weighted by Crippen LogP contribution is 2.19. The Morgan fingerprint density at radius 3 is 2.59 bits per heavy atom. The lowest BCUT2D eigenvalue weighted by atomic mass is 10.1. The third-order valence-electron chi connectivity index (χ3n) is 5.10. The molecule has 0 radical (unpaired) electrons. The molecule has 0 aliphatic heterocycles. The number of hydrogen-bond acceptors (Lipinski definition) is 4. The fourth-order valence-corrected chi connectivity index (χ4v) is 3.57. The van der Waals surface area contributed by atoms with Gasteiger partial charge in [-0.05, 0) is 43.0 Å². The first-order valence-electron chi connectivity index (χ1n) is 9.89. The van der Waals surface area contributed by atoms with Gasteiger partial charge in [0.1, 0.15) is 11.4 Å². The summed E-state index contributed by atoms with van der Waals surface area (Å²) in [6, 6.07) is 12.0. The number of para-hydroxylation sites is 1. The molecule has 0 unspecified atom stereocenters. The molecule has 1 aromatic carbocycles. The summed E-state index contributed by atoms with van der Waals surface area (Å²) in [6.45, 7) is 0.773. The van der Waals surface area contributed by atoms with Crippen molar-refractivity contribution in [1.29, 1.82) is 0 Å². The average molecular weight is 367 g/mol. The zero-order valence-electron chi connectivity index (χ0n) is 16.0. The minimum Gasteiger partial charge on any atom is -0.496 e. The maximum atomic E-state index is 12.4. The van der Waals surface area contributed by atoms with E-state index in [4.69, 9.17) is 4.74 Å². The van der Waals surface area contributed by atoms with Crippen molar-refractivity contribution < 1.29 is 9.53 Å². The fraction of sp³-hybridized carbons (Fsp3) is 0.455. The second-order valence-corrected chi connectivity index (χ2v) is 7.08. The molecule has 0 saturated heterocycles. The Bertz CT molecular complexity index is 723. The molecule has 0 atom stereocenters. The Kier molecular flexibility index (Phi) is 7.08. The summed E-state index contributed by atoms with van der Waals surface area (Å²) in [6.07, 6.45) is 9.70. The molecule has 5 heteroatoms. The van der Waals surface area contributed by atoms with Crippen LogP contribution in [0.25, 0.3) is 0 Å². The van der Waals surface area contributed by atoms with E-state index < -0.39 is 0 Å². The molecule has 1 aliphatic rings. The smallest absolute Gasteiger partial charge is 0.270 e. The second-order valence-electron chi connectivity index (χ2n) is 7.08. The lowest BCUT2D eigenvalue weighted by Gasteiger charge is -2.16. The largest absolute Gasteiger partial charge is 0.496 e. The van der Waals surface area contributed by atoms with E-state index in [1.165, 1.54) is 31.2 Å². The van der Waals surface area contributed by atoms with E-state index in [1.807, 2.05) is 24.3 Å². The molecule has 1 fully saturated rings. The molecule has 144 valence electrons. The van der Waals surface area contributed by atoms with Gasteiger partial charge < -0.3 is 15.4 Å². The SMILES string of the molecule is COc1ccccc1CCNc1ccc(C(=O)NC2CCCCCC2)nc1. The molecule has 1 amide bonds. The highest BCUT2D eigenvalue weighted by atomic mass is 16.5. The van der Waals surface area contributed by atoms with Crippen molar-refractivity contribution in [3.8, 4) is 5.75 Å². The van der Waals surface area contributed by atoms with Crippen molar-refractivity contribution in [2.75, 3.05) is 19.0 Å². The van der Waals surface area contributed by atoms with Gasteiger partial charge in [-0.3, -0.25) is 4.79 Å². The van der Waals surface area contributed by atoms with Gasteiger partial charge in [-0.2, -0.15) is 0 Å². The monoisotopic (exact) mass is 367 g/mol. The molecular weight excluding hydrogens is 338 g/mol. The molecule has 0 spiro atoms. The summed E-state index contributed by atoms with van der Waals surface area (Å²) >= 11 is 0. The Labute approximate surface area is 161 Å². The number of carbonyl (C=O) groups is 1. The van der Waals surface area contributed by atoms with Crippen LogP contribution in [0.3, 0.4) is 0 Å². The number of carbonyl (C=O) groups excluding carboxylic acids is 1. The molecular formula is C22H29N3O2. The van der Waals surface area contributed by atoms with Crippen LogP contribution in [-0.4, -0.2) is 30.6 Å². The molecule has 1 aromatic heterocycles. The molecule has 5 nitrogen and oxygen atoms in total. The first-order valence-corrected chi connectivity index (χ1v) is 9.89. The first kappa shape index (κ1) is 19.2. The Morgan fingerprint density at radius 2 is 1.89 bits per heavy atom. The average Bonchev–Trinajstić information content (AvgIpc) is 2.97. The molecule has 1 aliphatic carbocycles. The normalized spacial score (nSPS) is 15.0. The molecule has 1 heterocycles. The highest BCUT2D eigenvalue weighted by molar-refractivity contribution is 5.92. The van der Waals surface area contributed by atoms with Gasteiger partial charge in [0.25, 0.3) is 5.91 Å². The minimum absolute atomic E-state index is 0.0672. The van der Waals surface area contributed by atoms with Crippen LogP contribution >= 0.6 is 0 Å². The van der Waals surface area contributed by atoms with Crippen LogP contribution in [0.15, 0.2) is 42.6 Å². The van der Waals surface area contributed by atoms with E-state index in [0.29, 0.717) is 11.7 Å². The number of benzene rings is 1. The fourth-order valence-electron chi connectivity index (χ4n) is 3.57. The maximum absolute atomic E-state index is 12.4. The third kappa shape index (κ3) is 5.71. The predicted molar refractivity (Wildman–Crippen MR) is 108 cm³/mol. The predicted octanol–water partition coefficient (Wildman–Crippen LogP) is 4.20. The number of pyridine rings is 1. The molecule has 27 heavy (non-hydrogen) atoms. The second kappa shape index (κ2) is 9.95. The number of amides is 1. The van der Waals surface area contributed by atoms with E-state index in [0.717, 1.165) is 37.2 Å². The summed E-state index contributed by atoms with van der Waals surface area (Å²) in [5.41, 5.74) is 2.56. The Hall–Kier alpha value is -2.56. The summed E-state index contributed by atoms with van der Waals surface area (Å²) in [4.78, 5) is 16.7. The standard InChI is InChI=1S/C22H29N3O2/c1-27-21-11-7-6-8-17(21)14-15-23-19-12-13-20(24-16-19)22(26)25-18-9-4-2-3-5-10-18/h6-8,11-13,16,18,23H,2-5,9-10,14-15H2,1H3,(H,25,26). The molecule has 1 saturated carbocycles. The third-order valence-corrected chi connectivity index (χ3v) is 5.10. The zero-order chi connectivity index (χ0) is 18.9. The first-order chi connectivity index (χ1) is 13.3. The van der Waals surface area contributed by atoms with E-state index >= 15 is 0 Å². The van der Waals surface area contributed by atoms with Crippen LogP contribution in [0.5, 0.6) is 5.75 Å². The van der Waals surface area contributed by atoms with Crippen molar-refractivity contribution in [3.63, 3.8) is 0 Å². The number of hydrogen-bond donors (Lipinski definition) is 2. The van der Waals surface area contributed by atoms with Gasteiger partial charge in [0.05, 0.1) is 19.0 Å².